The first-order valence-corrected chi connectivity index (χ1v) is 14.3. The number of Topliss-reactive ketones (excluding diaryl/α,β-unsaturated/α-hetero) is 2. The maximum absolute atomic E-state index is 11.2. The summed E-state index contributed by atoms with van der Waals surface area (Å²) in [5, 5.41) is 8.78. The fourth-order valence-electron chi connectivity index (χ4n) is 2.39. The Balaban J connectivity index is -0.000000252. The van der Waals surface area contributed by atoms with Gasteiger partial charge in [0.2, 0.25) is 0 Å². The van der Waals surface area contributed by atoms with Crippen molar-refractivity contribution in [2.75, 3.05) is 5.34 Å². The number of alkyl halides is 2. The second kappa shape index (κ2) is 27.9. The van der Waals surface area contributed by atoms with E-state index >= 15 is 0 Å². The number of hydrogen-bond acceptors (Lipinski definition) is 13. The normalized spacial score (nSPS) is 12.9. The number of aliphatic carboxylic acids is 1. The summed E-state index contributed by atoms with van der Waals surface area (Å²) in [5.74, 6) is 1.25. The molecule has 4 N–H and O–H groups in total. The molecule has 2 heterocycles. The van der Waals surface area contributed by atoms with Gasteiger partial charge in [0.15, 0.2) is 0 Å². The van der Waals surface area contributed by atoms with E-state index in [0.717, 1.165) is 0 Å². The van der Waals surface area contributed by atoms with Crippen LogP contribution in [0.5, 0.6) is 0 Å². The van der Waals surface area contributed by atoms with Crippen molar-refractivity contribution in [1.82, 2.24) is 10.5 Å². The highest BCUT2D eigenvalue weighted by atomic mass is 35.5. The van der Waals surface area contributed by atoms with E-state index in [1.165, 1.54) is 0 Å². The summed E-state index contributed by atoms with van der Waals surface area (Å²) in [6, 6.07) is 0. The van der Waals surface area contributed by atoms with Crippen LogP contribution in [0.15, 0.2) is 0 Å². The van der Waals surface area contributed by atoms with Crippen molar-refractivity contribution in [1.29, 1.82) is 0 Å². The largest absolute Gasteiger partial charge is 0.481 e. The minimum Gasteiger partial charge on any atom is -0.481 e. The maximum atomic E-state index is 11.2. The summed E-state index contributed by atoms with van der Waals surface area (Å²) in [5.41, 5.74) is 1.39. The standard InChI is InChI=1S/C10H13NO5.C6H10O3.C5H12N2O2.C4H4O3.CH2Cl2.CH4/c1-2-7(12)3-6-10(15)16-11-8(13)4-5-9(11)14;1-2-5(7)3-4-6(8)9;1-5(2,3)9-4(8)7-6;5-3-1-2-4(6)7-3;2-1-3;/h2-6H2,1H3;2-4H2,1H3,(H,8,9);6H2,1-3H3,(H,7,8);1-2H2;1H2;1H4. The highest BCUT2D eigenvalue weighted by Crippen LogP contribution is 2.13. The van der Waals surface area contributed by atoms with Crippen molar-refractivity contribution in [2.24, 2.45) is 5.84 Å². The summed E-state index contributed by atoms with van der Waals surface area (Å²) in [7, 11) is 0. The van der Waals surface area contributed by atoms with E-state index in [-0.39, 0.29) is 75.7 Å². The van der Waals surface area contributed by atoms with Gasteiger partial charge in [-0.25, -0.2) is 15.4 Å². The summed E-state index contributed by atoms with van der Waals surface area (Å²) in [6.07, 6.45) is 0.954. The summed E-state index contributed by atoms with van der Waals surface area (Å²) in [4.78, 5) is 99.6. The van der Waals surface area contributed by atoms with Crippen LogP contribution in [0.2, 0.25) is 0 Å². The van der Waals surface area contributed by atoms with Gasteiger partial charge in [-0.05, 0) is 20.8 Å². The predicted molar refractivity (Wildman–Crippen MR) is 161 cm³/mol. The molecule has 0 aliphatic carbocycles. The van der Waals surface area contributed by atoms with E-state index in [1.807, 2.05) is 5.43 Å². The molecule has 45 heavy (non-hydrogen) atoms. The fraction of sp³-hybridized carbons (Fsp3) is 0.667. The number of carboxylic acid groups (broad SMARTS) is 1. The molecule has 0 radical (unpaired) electrons. The van der Waals surface area contributed by atoms with Crippen LogP contribution in [0.1, 0.15) is 106 Å². The Morgan fingerprint density at radius 2 is 1.24 bits per heavy atom. The molecule has 16 nitrogen and oxygen atoms in total. The van der Waals surface area contributed by atoms with Gasteiger partial charge in [-0.3, -0.25) is 39.0 Å². The molecule has 0 spiro atoms. The lowest BCUT2D eigenvalue weighted by Gasteiger charge is -2.18. The van der Waals surface area contributed by atoms with Crippen molar-refractivity contribution in [3.05, 3.63) is 0 Å². The number of esters is 2. The fourth-order valence-corrected chi connectivity index (χ4v) is 2.39. The van der Waals surface area contributed by atoms with Crippen LogP contribution in [-0.4, -0.2) is 74.5 Å². The number of halogens is 2. The second-order valence-corrected chi connectivity index (χ2v) is 10.1. The van der Waals surface area contributed by atoms with Gasteiger partial charge in [0.05, 0.1) is 31.0 Å². The first-order valence-electron chi connectivity index (χ1n) is 13.2. The van der Waals surface area contributed by atoms with Crippen molar-refractivity contribution in [3.63, 3.8) is 0 Å². The second-order valence-electron chi connectivity index (χ2n) is 9.32. The van der Waals surface area contributed by atoms with E-state index in [2.05, 4.69) is 9.57 Å². The first-order chi connectivity index (χ1) is 20.4. The number of ketones is 2. The topological polar surface area (TPSA) is 243 Å². The van der Waals surface area contributed by atoms with Crippen molar-refractivity contribution < 1.29 is 62.6 Å². The molecule has 0 saturated carbocycles. The van der Waals surface area contributed by atoms with Crippen LogP contribution < -0.4 is 11.3 Å². The Morgan fingerprint density at radius 1 is 0.844 bits per heavy atom. The average Bonchev–Trinajstić information content (AvgIpc) is 3.48. The number of carboxylic acids is 1. The monoisotopic (exact) mass is 689 g/mol. The molecular weight excluding hydrogens is 645 g/mol. The molecule has 0 bridgehead atoms. The lowest BCUT2D eigenvalue weighted by Crippen LogP contribution is -2.36. The highest BCUT2D eigenvalue weighted by Gasteiger charge is 2.32. The molecule has 2 rings (SSSR count). The molecule has 2 saturated heterocycles. The van der Waals surface area contributed by atoms with Gasteiger partial charge in [-0.1, -0.05) is 21.3 Å². The third-order valence-corrected chi connectivity index (χ3v) is 4.49. The van der Waals surface area contributed by atoms with Crippen LogP contribution in [0.4, 0.5) is 4.79 Å². The minimum absolute atomic E-state index is 0. The van der Waals surface area contributed by atoms with Gasteiger partial charge < -0.3 is 19.4 Å². The lowest BCUT2D eigenvalue weighted by atomic mass is 10.2. The molecule has 0 unspecified atom stereocenters. The SMILES string of the molecule is C.CC(C)(C)OC(=O)NN.CCC(=O)CCC(=O)O.CCC(=O)CCC(=O)ON1C(=O)CCC1=O.ClCCl.O=C1CCC(=O)O1. The van der Waals surface area contributed by atoms with Crippen LogP contribution in [0.3, 0.4) is 0 Å². The third-order valence-electron chi connectivity index (χ3n) is 4.49. The van der Waals surface area contributed by atoms with Crippen LogP contribution in [0.25, 0.3) is 0 Å². The number of cyclic esters (lactones) is 2. The predicted octanol–water partition coefficient (Wildman–Crippen LogP) is 3.48. The van der Waals surface area contributed by atoms with Gasteiger partial charge in [-0.15, -0.1) is 28.3 Å². The van der Waals surface area contributed by atoms with Crippen molar-refractivity contribution >= 4 is 76.6 Å². The van der Waals surface area contributed by atoms with Gasteiger partial charge in [-0.2, -0.15) is 0 Å². The van der Waals surface area contributed by atoms with Gasteiger partial charge in [0, 0.05) is 38.5 Å². The van der Waals surface area contributed by atoms with Gasteiger partial charge in [0.25, 0.3) is 11.8 Å². The Labute approximate surface area is 272 Å². The maximum Gasteiger partial charge on any atom is 0.421 e. The van der Waals surface area contributed by atoms with Gasteiger partial charge >= 0.3 is 30.0 Å². The van der Waals surface area contributed by atoms with Crippen molar-refractivity contribution in [2.45, 2.75) is 112 Å². The lowest BCUT2D eigenvalue weighted by molar-refractivity contribution is -0.197. The number of ether oxygens (including phenoxy) is 2. The van der Waals surface area contributed by atoms with E-state index < -0.39 is 47.4 Å². The van der Waals surface area contributed by atoms with Crippen LogP contribution in [0, 0.1) is 0 Å². The van der Waals surface area contributed by atoms with Crippen LogP contribution >= 0.6 is 23.2 Å². The van der Waals surface area contributed by atoms with E-state index in [4.69, 9.17) is 38.9 Å². The number of nitrogens with two attached hydrogens (primary N) is 1. The molecule has 3 amide bonds. The number of hydrazine groups is 1. The summed E-state index contributed by atoms with van der Waals surface area (Å²) in [6.45, 7) is 8.72. The third kappa shape index (κ3) is 31.6. The summed E-state index contributed by atoms with van der Waals surface area (Å²) < 4.78 is 8.80. The Bertz CT molecular complexity index is 969. The number of carbonyl (C=O) groups is 9. The number of nitrogens with one attached hydrogen (secondary N) is 1. The number of rotatable bonds is 9. The highest BCUT2D eigenvalue weighted by molar-refractivity contribution is 6.40. The van der Waals surface area contributed by atoms with Crippen LogP contribution in [-0.2, 0) is 52.7 Å². The molecule has 260 valence electrons. The Hall–Kier alpha value is -3.63. The quantitative estimate of drug-likeness (QED) is 0.0597. The minimum atomic E-state index is -0.906. The Morgan fingerprint density at radius 3 is 1.51 bits per heavy atom. The van der Waals surface area contributed by atoms with Gasteiger partial charge in [0.1, 0.15) is 17.2 Å². The smallest absolute Gasteiger partial charge is 0.421 e. The van der Waals surface area contributed by atoms with E-state index in [0.29, 0.717) is 17.9 Å². The molecular formula is C27H45Cl2N3O13. The molecule has 0 atom stereocenters. The van der Waals surface area contributed by atoms with E-state index in [9.17, 15) is 43.2 Å². The molecule has 0 aromatic rings. The number of hydrogen-bond donors (Lipinski definition) is 3. The molecule has 2 aliphatic rings. The molecule has 0 aromatic carbocycles. The number of amides is 3. The van der Waals surface area contributed by atoms with E-state index in [1.54, 1.807) is 34.6 Å². The zero-order valence-electron chi connectivity index (χ0n) is 25.4. The molecule has 2 fully saturated rings. The number of carbonyl (C=O) groups excluding carboxylic acids is 8. The molecule has 2 aliphatic heterocycles. The zero-order valence-corrected chi connectivity index (χ0v) is 26.9. The number of hydroxylamine groups is 2. The number of imide groups is 1. The number of nitrogens with zero attached hydrogens (tertiary/aromatic N) is 1. The summed E-state index contributed by atoms with van der Waals surface area (Å²) >= 11 is 9.53. The molecule has 0 aromatic heterocycles. The van der Waals surface area contributed by atoms with Crippen molar-refractivity contribution in [3.8, 4) is 0 Å². The zero-order chi connectivity index (χ0) is 34.9. The Kier molecular flexibility index (Phi) is 29.9. The average molecular weight is 691 g/mol. The first kappa shape index (κ1) is 48.3. The molecule has 18 heteroatoms.